The van der Waals surface area contributed by atoms with Crippen LogP contribution in [0.25, 0.3) is 10.9 Å². The first-order valence-electron chi connectivity index (χ1n) is 12.6. The van der Waals surface area contributed by atoms with Gasteiger partial charge in [-0.05, 0) is 72.4 Å². The third-order valence-corrected chi connectivity index (χ3v) is 7.14. The van der Waals surface area contributed by atoms with Crippen molar-refractivity contribution in [2.24, 2.45) is 0 Å². The molecular formula is C30H31FN4O3. The number of benzene rings is 3. The summed E-state index contributed by atoms with van der Waals surface area (Å²) in [5.74, 6) is 1.06. The predicted octanol–water partition coefficient (Wildman–Crippen LogP) is 5.19. The lowest BCUT2D eigenvalue weighted by Crippen LogP contribution is -2.51. The van der Waals surface area contributed by atoms with Gasteiger partial charge in [-0.15, -0.1) is 0 Å². The van der Waals surface area contributed by atoms with Gasteiger partial charge < -0.3 is 25.4 Å². The minimum atomic E-state index is -0.498. The molecule has 3 N–H and O–H groups in total. The number of carbonyl (C=O) groups excluding carboxylic acids is 1. The second-order valence-corrected chi connectivity index (χ2v) is 9.43. The van der Waals surface area contributed by atoms with Crippen molar-refractivity contribution < 1.29 is 18.7 Å². The Morgan fingerprint density at radius 3 is 2.61 bits per heavy atom. The summed E-state index contributed by atoms with van der Waals surface area (Å²) < 4.78 is 24.8. The number of hydrogen-bond acceptors (Lipinski definition) is 5. The summed E-state index contributed by atoms with van der Waals surface area (Å²) in [5, 5.41) is 10.6. The van der Waals surface area contributed by atoms with E-state index in [1.54, 1.807) is 26.5 Å². The number of rotatable bonds is 8. The second-order valence-electron chi connectivity index (χ2n) is 9.43. The number of carbonyl (C=O) groups is 1. The molecule has 0 fully saturated rings. The van der Waals surface area contributed by atoms with Crippen LogP contribution in [0.2, 0.25) is 0 Å². The fourth-order valence-corrected chi connectivity index (χ4v) is 5.29. The average Bonchev–Trinajstić information content (AvgIpc) is 2.94. The minimum absolute atomic E-state index is 0.270. The van der Waals surface area contributed by atoms with Crippen LogP contribution in [-0.2, 0) is 18.4 Å². The van der Waals surface area contributed by atoms with Gasteiger partial charge >= 0.3 is 6.03 Å². The second kappa shape index (κ2) is 11.1. The molecule has 3 aromatic carbocycles. The Morgan fingerprint density at radius 1 is 1.05 bits per heavy atom. The number of ether oxygens (including phenoxy) is 2. The lowest BCUT2D eigenvalue weighted by Gasteiger charge is -2.41. The van der Waals surface area contributed by atoms with Crippen LogP contribution in [0.15, 0.2) is 72.9 Å². The minimum Gasteiger partial charge on any atom is -0.493 e. The molecule has 1 unspecified atom stereocenters. The highest BCUT2D eigenvalue weighted by Crippen LogP contribution is 2.41. The SMILES string of the molecule is COc1cc2c(cc1OC)C(CCNC(=O)Nc1ccnc3ccccc13)(Cc1ccc(F)cc1)NCC2. The van der Waals surface area contributed by atoms with Gasteiger partial charge in [0.15, 0.2) is 11.5 Å². The highest BCUT2D eigenvalue weighted by atomic mass is 19.1. The van der Waals surface area contributed by atoms with E-state index < -0.39 is 5.54 Å². The molecule has 38 heavy (non-hydrogen) atoms. The molecular weight excluding hydrogens is 483 g/mol. The van der Waals surface area contributed by atoms with Crippen LogP contribution in [0.1, 0.15) is 23.1 Å². The van der Waals surface area contributed by atoms with E-state index in [0.29, 0.717) is 36.6 Å². The molecule has 0 radical (unpaired) electrons. The topological polar surface area (TPSA) is 84.5 Å². The van der Waals surface area contributed by atoms with Crippen LogP contribution in [-0.4, -0.2) is 38.3 Å². The third-order valence-electron chi connectivity index (χ3n) is 7.14. The van der Waals surface area contributed by atoms with Gasteiger partial charge in [0.2, 0.25) is 0 Å². The lowest BCUT2D eigenvalue weighted by molar-refractivity contribution is 0.246. The lowest BCUT2D eigenvalue weighted by atomic mass is 9.75. The Balaban J connectivity index is 1.39. The first-order chi connectivity index (χ1) is 18.5. The zero-order valence-corrected chi connectivity index (χ0v) is 21.5. The third kappa shape index (κ3) is 5.26. The average molecular weight is 515 g/mol. The van der Waals surface area contributed by atoms with E-state index in [1.165, 1.54) is 12.1 Å². The van der Waals surface area contributed by atoms with E-state index in [9.17, 15) is 9.18 Å². The molecule has 1 aliphatic rings. The maximum Gasteiger partial charge on any atom is 0.319 e. The fourth-order valence-electron chi connectivity index (χ4n) is 5.29. The van der Waals surface area contributed by atoms with Crippen LogP contribution < -0.4 is 25.4 Å². The maximum absolute atomic E-state index is 13.6. The van der Waals surface area contributed by atoms with Gasteiger partial charge in [-0.3, -0.25) is 4.98 Å². The van der Waals surface area contributed by atoms with Crippen LogP contribution in [0.4, 0.5) is 14.9 Å². The van der Waals surface area contributed by atoms with Crippen LogP contribution in [0, 0.1) is 5.82 Å². The molecule has 0 aliphatic carbocycles. The van der Waals surface area contributed by atoms with E-state index in [0.717, 1.165) is 40.6 Å². The van der Waals surface area contributed by atoms with Gasteiger partial charge in [-0.2, -0.15) is 0 Å². The van der Waals surface area contributed by atoms with Crippen molar-refractivity contribution in [1.82, 2.24) is 15.6 Å². The number of methoxy groups -OCH3 is 2. The van der Waals surface area contributed by atoms with Crippen molar-refractivity contribution in [1.29, 1.82) is 0 Å². The maximum atomic E-state index is 13.6. The highest BCUT2D eigenvalue weighted by molar-refractivity contribution is 6.00. The largest absolute Gasteiger partial charge is 0.493 e. The van der Waals surface area contributed by atoms with E-state index >= 15 is 0 Å². The zero-order chi connectivity index (χ0) is 26.5. The van der Waals surface area contributed by atoms with Gasteiger partial charge in [0.05, 0.1) is 25.4 Å². The molecule has 2 amide bonds. The summed E-state index contributed by atoms with van der Waals surface area (Å²) in [5.41, 5.74) is 4.27. The van der Waals surface area contributed by atoms with E-state index in [2.05, 4.69) is 20.9 Å². The van der Waals surface area contributed by atoms with E-state index in [4.69, 9.17) is 9.47 Å². The van der Waals surface area contributed by atoms with Crippen LogP contribution in [0.3, 0.4) is 0 Å². The Labute approximate surface area is 221 Å². The molecule has 0 saturated carbocycles. The normalized spacial score (nSPS) is 16.5. The van der Waals surface area contributed by atoms with E-state index in [-0.39, 0.29) is 11.8 Å². The molecule has 2 heterocycles. The fraction of sp³-hybridized carbons (Fsp3) is 0.267. The monoisotopic (exact) mass is 514 g/mol. The summed E-state index contributed by atoms with van der Waals surface area (Å²) >= 11 is 0. The number of halogens is 1. The Kier molecular flexibility index (Phi) is 7.42. The number of urea groups is 1. The molecule has 196 valence electrons. The standard InChI is InChI=1S/C30H31FN4O3/c1-37-27-17-21-11-15-34-30(24(21)18-28(27)38-2,19-20-7-9-22(31)10-8-20)13-16-33-29(36)35-26-12-14-32-25-6-4-3-5-23(25)26/h3-10,12,14,17-18,34H,11,13,15-16,19H2,1-2H3,(H2,32,33,35,36). The van der Waals surface area contributed by atoms with E-state index in [1.807, 2.05) is 48.5 Å². The van der Waals surface area contributed by atoms with Crippen molar-refractivity contribution >= 4 is 22.6 Å². The van der Waals surface area contributed by atoms with Gasteiger partial charge in [-0.1, -0.05) is 30.3 Å². The number of anilines is 1. The number of para-hydroxylation sites is 1. The number of nitrogens with one attached hydrogen (secondary N) is 3. The number of pyridine rings is 1. The molecule has 0 saturated heterocycles. The molecule has 4 aromatic rings. The van der Waals surface area contributed by atoms with Crippen molar-refractivity contribution in [3.8, 4) is 11.5 Å². The van der Waals surface area contributed by atoms with Gasteiger partial charge in [0.1, 0.15) is 5.82 Å². The molecule has 7 nitrogen and oxygen atoms in total. The van der Waals surface area contributed by atoms with Crippen molar-refractivity contribution in [3.63, 3.8) is 0 Å². The van der Waals surface area contributed by atoms with Crippen LogP contribution in [0.5, 0.6) is 11.5 Å². The summed E-state index contributed by atoms with van der Waals surface area (Å²) in [6.07, 6.45) is 3.75. The Hall–Kier alpha value is -4.17. The number of nitrogens with zero attached hydrogens (tertiary/aromatic N) is 1. The summed E-state index contributed by atoms with van der Waals surface area (Å²) in [4.78, 5) is 17.2. The van der Waals surface area contributed by atoms with Gasteiger partial charge in [-0.25, -0.2) is 9.18 Å². The van der Waals surface area contributed by atoms with Crippen molar-refractivity contribution in [2.45, 2.75) is 24.8 Å². The Morgan fingerprint density at radius 2 is 1.82 bits per heavy atom. The highest BCUT2D eigenvalue weighted by Gasteiger charge is 2.37. The first kappa shape index (κ1) is 25.5. The number of aromatic nitrogens is 1. The molecule has 1 atom stereocenters. The zero-order valence-electron chi connectivity index (χ0n) is 21.5. The van der Waals surface area contributed by atoms with Crippen molar-refractivity contribution in [3.05, 3.63) is 95.4 Å². The molecule has 0 bridgehead atoms. The van der Waals surface area contributed by atoms with Gasteiger partial charge in [0.25, 0.3) is 0 Å². The first-order valence-corrected chi connectivity index (χ1v) is 12.6. The quantitative estimate of drug-likeness (QED) is 0.302. The smallest absolute Gasteiger partial charge is 0.319 e. The van der Waals surface area contributed by atoms with Crippen LogP contribution >= 0.6 is 0 Å². The molecule has 5 rings (SSSR count). The molecule has 1 aromatic heterocycles. The number of fused-ring (bicyclic) bond motifs is 2. The Bertz CT molecular complexity index is 1440. The predicted molar refractivity (Wildman–Crippen MR) is 146 cm³/mol. The molecule has 1 aliphatic heterocycles. The summed E-state index contributed by atoms with van der Waals surface area (Å²) in [6.45, 7) is 1.18. The summed E-state index contributed by atoms with van der Waals surface area (Å²) in [7, 11) is 3.25. The van der Waals surface area contributed by atoms with Crippen molar-refractivity contribution in [2.75, 3.05) is 32.6 Å². The molecule has 8 heteroatoms. The summed E-state index contributed by atoms with van der Waals surface area (Å²) in [6, 6.07) is 19.8. The number of amides is 2. The van der Waals surface area contributed by atoms with Gasteiger partial charge in [0, 0.05) is 30.2 Å². The number of hydrogen-bond donors (Lipinski definition) is 3. The molecule has 0 spiro atoms.